The Balaban J connectivity index is 1.87. The number of ether oxygens (including phenoxy) is 1. The second kappa shape index (κ2) is 7.23. The van der Waals surface area contributed by atoms with Crippen LogP contribution in [0.2, 0.25) is 0 Å². The van der Waals surface area contributed by atoms with Gasteiger partial charge in [-0.1, -0.05) is 49.4 Å². The van der Waals surface area contributed by atoms with Crippen LogP contribution in [-0.2, 0) is 5.41 Å². The molecule has 0 radical (unpaired) electrons. The lowest BCUT2D eigenvalue weighted by Crippen LogP contribution is -2.41. The number of benzene rings is 2. The molecule has 0 fully saturated rings. The fourth-order valence-corrected chi connectivity index (χ4v) is 3.99. The molecule has 0 saturated heterocycles. The van der Waals surface area contributed by atoms with Gasteiger partial charge < -0.3 is 9.84 Å². The van der Waals surface area contributed by atoms with Crippen LogP contribution in [-0.4, -0.2) is 16.7 Å². The van der Waals surface area contributed by atoms with Gasteiger partial charge in [-0.15, -0.1) is 4.91 Å². The third kappa shape index (κ3) is 4.14. The number of carbonyl (C=O) groups is 1. The summed E-state index contributed by atoms with van der Waals surface area (Å²) < 4.78 is 6.11. The second-order valence-electron chi connectivity index (χ2n) is 8.51. The first kappa shape index (κ1) is 19.8. The molecule has 1 unspecified atom stereocenters. The van der Waals surface area contributed by atoms with E-state index in [1.807, 2.05) is 18.2 Å². The number of nitroso groups, excluding NO2 is 1. The van der Waals surface area contributed by atoms with Crippen LogP contribution >= 0.6 is 0 Å². The summed E-state index contributed by atoms with van der Waals surface area (Å²) in [5.74, 6) is -0.118. The number of carboxylic acids is 1. The van der Waals surface area contributed by atoms with Gasteiger partial charge in [0.2, 0.25) is 0 Å². The summed E-state index contributed by atoms with van der Waals surface area (Å²) in [6.45, 7) is 8.53. The van der Waals surface area contributed by atoms with Crippen LogP contribution in [0.4, 0.5) is 0 Å². The van der Waals surface area contributed by atoms with Gasteiger partial charge in [0.25, 0.3) is 0 Å². The van der Waals surface area contributed by atoms with Crippen molar-refractivity contribution in [3.63, 3.8) is 0 Å². The highest BCUT2D eigenvalue weighted by Gasteiger charge is 2.39. The first-order valence-corrected chi connectivity index (χ1v) is 9.29. The summed E-state index contributed by atoms with van der Waals surface area (Å²) >= 11 is 0. The standard InChI is InChI=1S/C23H25NO4/c1-22(2)14-23(3,4)28-20-12-10-17(13-18(20)22)19(24-27)11-7-15-5-8-16(9-6-15)21(25)26/h5-13,19H,14H2,1-4H3,(H,25,26). The maximum absolute atomic E-state index is 11.5. The van der Waals surface area contributed by atoms with Crippen LogP contribution in [0.25, 0.3) is 6.08 Å². The van der Waals surface area contributed by atoms with Gasteiger partial charge in [-0.3, -0.25) is 0 Å². The number of hydrogen-bond acceptors (Lipinski definition) is 4. The molecule has 1 N–H and O–H groups in total. The van der Waals surface area contributed by atoms with Crippen LogP contribution in [0.1, 0.15) is 67.2 Å². The van der Waals surface area contributed by atoms with Gasteiger partial charge in [-0.25, -0.2) is 4.79 Å². The molecule has 1 aliphatic rings. The van der Waals surface area contributed by atoms with Crippen LogP contribution in [0.3, 0.4) is 0 Å². The van der Waals surface area contributed by atoms with E-state index in [-0.39, 0.29) is 16.6 Å². The van der Waals surface area contributed by atoms with E-state index in [1.54, 1.807) is 24.3 Å². The monoisotopic (exact) mass is 379 g/mol. The Kier molecular flexibility index (Phi) is 5.11. The first-order chi connectivity index (χ1) is 13.1. The predicted molar refractivity (Wildman–Crippen MR) is 110 cm³/mol. The maximum atomic E-state index is 11.5. The zero-order chi connectivity index (χ0) is 20.5. The molecule has 3 rings (SSSR count). The Labute approximate surface area is 165 Å². The summed E-state index contributed by atoms with van der Waals surface area (Å²) in [4.78, 5) is 22.4. The Morgan fingerprint density at radius 1 is 1.14 bits per heavy atom. The van der Waals surface area contributed by atoms with Crippen molar-refractivity contribution in [3.8, 4) is 5.75 Å². The first-order valence-electron chi connectivity index (χ1n) is 9.29. The van der Waals surface area contributed by atoms with Crippen LogP contribution in [0.5, 0.6) is 5.75 Å². The highest BCUT2D eigenvalue weighted by Crippen LogP contribution is 2.45. The summed E-state index contributed by atoms with van der Waals surface area (Å²) in [7, 11) is 0. The number of hydrogen-bond donors (Lipinski definition) is 1. The van der Waals surface area contributed by atoms with Gasteiger partial charge in [0.15, 0.2) is 0 Å². The molecule has 0 aromatic heterocycles. The third-order valence-corrected chi connectivity index (χ3v) is 5.07. The molecule has 0 spiro atoms. The molecule has 5 heteroatoms. The largest absolute Gasteiger partial charge is 0.488 e. The summed E-state index contributed by atoms with van der Waals surface area (Å²) in [6.07, 6.45) is 4.38. The zero-order valence-electron chi connectivity index (χ0n) is 16.6. The molecule has 1 heterocycles. The second-order valence-corrected chi connectivity index (χ2v) is 8.51. The maximum Gasteiger partial charge on any atom is 0.335 e. The van der Waals surface area contributed by atoms with Gasteiger partial charge in [-0.2, -0.15) is 0 Å². The van der Waals surface area contributed by atoms with Crippen molar-refractivity contribution in [1.82, 2.24) is 0 Å². The smallest absolute Gasteiger partial charge is 0.335 e. The fraction of sp³-hybridized carbons (Fsp3) is 0.348. The summed E-state index contributed by atoms with van der Waals surface area (Å²) in [5.41, 5.74) is 2.61. The Hall–Kier alpha value is -2.95. The molecular weight excluding hydrogens is 354 g/mol. The van der Waals surface area contributed by atoms with E-state index < -0.39 is 12.0 Å². The lowest BCUT2D eigenvalue weighted by Gasteiger charge is -2.42. The molecule has 0 bridgehead atoms. The number of fused-ring (bicyclic) bond motifs is 1. The van der Waals surface area contributed by atoms with Crippen molar-refractivity contribution in [2.45, 2.75) is 51.2 Å². The number of rotatable bonds is 5. The lowest BCUT2D eigenvalue weighted by atomic mass is 9.73. The van der Waals surface area contributed by atoms with Gasteiger partial charge in [0.05, 0.1) is 5.56 Å². The molecule has 5 nitrogen and oxygen atoms in total. The highest BCUT2D eigenvalue weighted by molar-refractivity contribution is 5.87. The van der Waals surface area contributed by atoms with Gasteiger partial charge in [0.1, 0.15) is 17.4 Å². The molecule has 1 atom stereocenters. The van der Waals surface area contributed by atoms with Crippen molar-refractivity contribution in [2.24, 2.45) is 5.18 Å². The van der Waals surface area contributed by atoms with Gasteiger partial charge in [0, 0.05) is 5.56 Å². The Bertz CT molecular complexity index is 926. The van der Waals surface area contributed by atoms with E-state index >= 15 is 0 Å². The SMILES string of the molecule is CC1(C)CC(C)(C)c2cc(C(C=Cc3ccc(C(=O)O)cc3)N=O)ccc2O1. The minimum absolute atomic E-state index is 0.0725. The molecule has 2 aromatic carbocycles. The van der Waals surface area contributed by atoms with E-state index in [4.69, 9.17) is 9.84 Å². The van der Waals surface area contributed by atoms with E-state index in [0.29, 0.717) is 0 Å². The minimum atomic E-state index is -0.968. The average Bonchev–Trinajstić information content (AvgIpc) is 2.61. The molecule has 2 aromatic rings. The summed E-state index contributed by atoms with van der Waals surface area (Å²) in [5, 5.41) is 12.2. The third-order valence-electron chi connectivity index (χ3n) is 5.07. The predicted octanol–water partition coefficient (Wildman–Crippen LogP) is 5.74. The normalized spacial score (nSPS) is 18.1. The van der Waals surface area contributed by atoms with E-state index in [0.717, 1.165) is 28.9 Å². The molecule has 0 saturated carbocycles. The lowest BCUT2D eigenvalue weighted by molar-refractivity contribution is 0.0533. The number of aromatic carboxylic acids is 1. The fourth-order valence-electron chi connectivity index (χ4n) is 3.99. The van der Waals surface area contributed by atoms with Crippen LogP contribution < -0.4 is 4.74 Å². The van der Waals surface area contributed by atoms with Crippen molar-refractivity contribution >= 4 is 12.0 Å². The molecule has 0 aliphatic carbocycles. The molecule has 28 heavy (non-hydrogen) atoms. The summed E-state index contributed by atoms with van der Waals surface area (Å²) in [6, 6.07) is 11.6. The van der Waals surface area contributed by atoms with Crippen molar-refractivity contribution in [1.29, 1.82) is 0 Å². The van der Waals surface area contributed by atoms with Gasteiger partial charge >= 0.3 is 5.97 Å². The quantitative estimate of drug-likeness (QED) is 0.672. The average molecular weight is 379 g/mol. The number of nitrogens with zero attached hydrogens (tertiary/aromatic N) is 1. The van der Waals surface area contributed by atoms with Crippen molar-refractivity contribution < 1.29 is 14.6 Å². The minimum Gasteiger partial charge on any atom is -0.488 e. The molecule has 0 amide bonds. The van der Waals surface area contributed by atoms with Crippen LogP contribution in [0.15, 0.2) is 53.7 Å². The zero-order valence-corrected chi connectivity index (χ0v) is 16.6. The van der Waals surface area contributed by atoms with Gasteiger partial charge in [-0.05, 0) is 61.1 Å². The van der Waals surface area contributed by atoms with Crippen molar-refractivity contribution in [2.75, 3.05) is 0 Å². The van der Waals surface area contributed by atoms with Crippen LogP contribution in [0, 0.1) is 4.91 Å². The Morgan fingerprint density at radius 3 is 2.43 bits per heavy atom. The number of carboxylic acid groups (broad SMARTS) is 1. The molecule has 1 aliphatic heterocycles. The van der Waals surface area contributed by atoms with E-state index in [1.165, 1.54) is 12.1 Å². The van der Waals surface area contributed by atoms with E-state index in [2.05, 4.69) is 32.9 Å². The van der Waals surface area contributed by atoms with E-state index in [9.17, 15) is 9.70 Å². The van der Waals surface area contributed by atoms with Crippen molar-refractivity contribution in [3.05, 3.63) is 75.7 Å². The molecule has 146 valence electrons. The topological polar surface area (TPSA) is 76.0 Å². The molecular formula is C23H25NO4. The highest BCUT2D eigenvalue weighted by atomic mass is 16.5. The Morgan fingerprint density at radius 2 is 1.82 bits per heavy atom.